The van der Waals surface area contributed by atoms with Crippen LogP contribution in [-0.2, 0) is 11.3 Å². The fraction of sp³-hybridized carbons (Fsp3) is 0.308. The first-order valence-electron chi connectivity index (χ1n) is 11.8. The van der Waals surface area contributed by atoms with E-state index in [0.29, 0.717) is 40.8 Å². The molecule has 194 valence electrons. The molecule has 4 rings (SSSR count). The molecule has 1 aromatic heterocycles. The number of aliphatic imine (C=N–C) groups is 1. The van der Waals surface area contributed by atoms with Crippen LogP contribution >= 0.6 is 23.1 Å². The number of benzene rings is 2. The van der Waals surface area contributed by atoms with Crippen molar-refractivity contribution in [1.29, 1.82) is 0 Å². The molecule has 1 fully saturated rings. The molecule has 37 heavy (non-hydrogen) atoms. The summed E-state index contributed by atoms with van der Waals surface area (Å²) in [6, 6.07) is 11.0. The van der Waals surface area contributed by atoms with Crippen LogP contribution in [-0.4, -0.2) is 53.8 Å². The highest BCUT2D eigenvalue weighted by Gasteiger charge is 2.21. The van der Waals surface area contributed by atoms with Gasteiger partial charge in [0.1, 0.15) is 5.75 Å². The van der Waals surface area contributed by atoms with Crippen molar-refractivity contribution in [3.8, 4) is 17.0 Å². The number of halogens is 1. The molecule has 1 aliphatic heterocycles. The van der Waals surface area contributed by atoms with Gasteiger partial charge in [-0.25, -0.2) is 0 Å². The first-order valence-corrected chi connectivity index (χ1v) is 12.9. The molecule has 3 aromatic rings. The van der Waals surface area contributed by atoms with Gasteiger partial charge in [-0.05, 0) is 86.3 Å². The Morgan fingerprint density at radius 1 is 1.22 bits per heavy atom. The molecule has 2 aromatic carbocycles. The molecule has 2 heterocycles. The van der Waals surface area contributed by atoms with Crippen LogP contribution in [0.4, 0.5) is 5.69 Å². The number of likely N-dealkylation sites (tertiary alicyclic amines) is 1. The van der Waals surface area contributed by atoms with Crippen LogP contribution < -0.4 is 21.1 Å². The number of hydrogen-bond donors (Lipinski definition) is 3. The third-order valence-corrected chi connectivity index (χ3v) is 7.11. The summed E-state index contributed by atoms with van der Waals surface area (Å²) < 4.78 is 9.64. The topological polar surface area (TPSA) is 122 Å². The molecule has 2 amide bonds. The quantitative estimate of drug-likeness (QED) is 0.292. The normalized spacial score (nSPS) is 13.7. The van der Waals surface area contributed by atoms with Gasteiger partial charge >= 0.3 is 0 Å². The van der Waals surface area contributed by atoms with Gasteiger partial charge in [-0.15, -0.1) is 0 Å². The second-order valence-corrected chi connectivity index (χ2v) is 10.2. The smallest absolute Gasteiger partial charge is 0.283 e. The number of carbonyl (C=O) groups excluding carboxylic acids is 2. The maximum absolute atomic E-state index is 13.0. The van der Waals surface area contributed by atoms with Crippen LogP contribution in [0.3, 0.4) is 0 Å². The highest BCUT2D eigenvalue weighted by Crippen LogP contribution is 2.30. The van der Waals surface area contributed by atoms with E-state index in [1.165, 1.54) is 11.5 Å². The van der Waals surface area contributed by atoms with Gasteiger partial charge < -0.3 is 21.1 Å². The molecule has 0 bridgehead atoms. The molecular formula is C26H29ClN6O3S. The average molecular weight is 541 g/mol. The van der Waals surface area contributed by atoms with E-state index in [-0.39, 0.29) is 11.9 Å². The summed E-state index contributed by atoms with van der Waals surface area (Å²) in [6.45, 7) is 6.26. The van der Waals surface area contributed by atoms with Gasteiger partial charge in [0, 0.05) is 17.0 Å². The van der Waals surface area contributed by atoms with Crippen molar-refractivity contribution in [2.24, 2.45) is 10.7 Å². The standard InChI is InChI=1S/C26H29ClN6O3S/c1-15-11-17(12-20(27)23(15)30-21(34)14-33-9-4-10-33)13-29-26(28)31-25(35)22-16(2)37-32-24(22)18-5-7-19(36-3)8-6-18/h5-8,11-12H,4,9-10,13-14H2,1-3H3,(H,30,34)(H3,28,29,31,35). The SMILES string of the molecule is COc1ccc(-c2nsc(C)c2C(=O)/N=C(/N)NCc2cc(C)c(NC(=O)CN3CCC3)c(Cl)c2)cc1. The summed E-state index contributed by atoms with van der Waals surface area (Å²) in [5.74, 6) is 0.138. The first-order chi connectivity index (χ1) is 17.7. The van der Waals surface area contributed by atoms with Gasteiger partial charge in [-0.2, -0.15) is 9.37 Å². The predicted molar refractivity (Wildman–Crippen MR) is 148 cm³/mol. The number of ether oxygens (including phenoxy) is 1. The Labute approximate surface area is 224 Å². The molecule has 0 aliphatic carbocycles. The van der Waals surface area contributed by atoms with Gasteiger partial charge in [0.2, 0.25) is 5.91 Å². The van der Waals surface area contributed by atoms with Crippen molar-refractivity contribution in [2.75, 3.05) is 32.1 Å². The molecular weight excluding hydrogens is 512 g/mol. The lowest BCUT2D eigenvalue weighted by Crippen LogP contribution is -2.42. The number of guanidine groups is 1. The Morgan fingerprint density at radius 2 is 1.95 bits per heavy atom. The minimum Gasteiger partial charge on any atom is -0.497 e. The van der Waals surface area contributed by atoms with E-state index in [1.807, 2.05) is 44.2 Å². The summed E-state index contributed by atoms with van der Waals surface area (Å²) in [7, 11) is 1.60. The lowest BCUT2D eigenvalue weighted by Gasteiger charge is -2.29. The number of aryl methyl sites for hydroxylation is 2. The largest absolute Gasteiger partial charge is 0.497 e. The zero-order valence-electron chi connectivity index (χ0n) is 20.9. The van der Waals surface area contributed by atoms with Crippen molar-refractivity contribution in [3.05, 3.63) is 63.0 Å². The minimum absolute atomic E-state index is 0.0167. The second kappa shape index (κ2) is 11.7. The number of anilines is 1. The summed E-state index contributed by atoms with van der Waals surface area (Å²) in [5, 5.41) is 6.30. The highest BCUT2D eigenvalue weighted by molar-refractivity contribution is 7.06. The van der Waals surface area contributed by atoms with Crippen molar-refractivity contribution in [1.82, 2.24) is 14.6 Å². The predicted octanol–water partition coefficient (Wildman–Crippen LogP) is 3.98. The van der Waals surface area contributed by atoms with Crippen molar-refractivity contribution in [3.63, 3.8) is 0 Å². The maximum atomic E-state index is 13.0. The van der Waals surface area contributed by atoms with Gasteiger partial charge in [0.25, 0.3) is 5.91 Å². The molecule has 11 heteroatoms. The third-order valence-electron chi connectivity index (χ3n) is 6.06. The van der Waals surface area contributed by atoms with Crippen LogP contribution in [0.15, 0.2) is 41.4 Å². The zero-order valence-corrected chi connectivity index (χ0v) is 22.5. The lowest BCUT2D eigenvalue weighted by atomic mass is 10.1. The second-order valence-electron chi connectivity index (χ2n) is 8.79. The summed E-state index contributed by atoms with van der Waals surface area (Å²) >= 11 is 7.69. The van der Waals surface area contributed by atoms with Crippen molar-refractivity contribution in [2.45, 2.75) is 26.8 Å². The van der Waals surface area contributed by atoms with Crippen molar-refractivity contribution >= 4 is 46.6 Å². The Balaban J connectivity index is 1.41. The van der Waals surface area contributed by atoms with Crippen LogP contribution in [0, 0.1) is 13.8 Å². The molecule has 0 saturated carbocycles. The van der Waals surface area contributed by atoms with E-state index < -0.39 is 5.91 Å². The zero-order chi connectivity index (χ0) is 26.5. The number of hydrogen-bond acceptors (Lipinski definition) is 6. The van der Waals surface area contributed by atoms with E-state index in [2.05, 4.69) is 24.9 Å². The molecule has 1 aliphatic rings. The summed E-state index contributed by atoms with van der Waals surface area (Å²) in [5.41, 5.74) is 10.1. The number of nitrogens with one attached hydrogen (secondary N) is 2. The number of methoxy groups -OCH3 is 1. The van der Waals surface area contributed by atoms with Gasteiger partial charge in [-0.3, -0.25) is 14.5 Å². The van der Waals surface area contributed by atoms with Gasteiger partial charge in [-0.1, -0.05) is 17.7 Å². The highest BCUT2D eigenvalue weighted by atomic mass is 35.5. The summed E-state index contributed by atoms with van der Waals surface area (Å²) in [6.07, 6.45) is 1.13. The number of aromatic nitrogens is 1. The van der Waals surface area contributed by atoms with Crippen LogP contribution in [0.25, 0.3) is 11.3 Å². The fourth-order valence-corrected chi connectivity index (χ4v) is 5.00. The Kier molecular flexibility index (Phi) is 8.42. The van der Waals surface area contributed by atoms with Gasteiger partial charge in [0.15, 0.2) is 5.96 Å². The molecule has 0 spiro atoms. The van der Waals surface area contributed by atoms with Crippen LogP contribution in [0.5, 0.6) is 5.75 Å². The van der Waals surface area contributed by atoms with Crippen LogP contribution in [0.1, 0.15) is 32.8 Å². The molecule has 1 saturated heterocycles. The number of carbonyl (C=O) groups is 2. The number of amides is 2. The minimum atomic E-state index is -0.475. The Bertz CT molecular complexity index is 1310. The molecule has 0 unspecified atom stereocenters. The van der Waals surface area contributed by atoms with Gasteiger partial charge in [0.05, 0.1) is 35.6 Å². The maximum Gasteiger partial charge on any atom is 0.283 e. The Hall–Kier alpha value is -3.47. The van der Waals surface area contributed by atoms with Crippen molar-refractivity contribution < 1.29 is 14.3 Å². The molecule has 4 N–H and O–H groups in total. The molecule has 0 radical (unpaired) electrons. The van der Waals surface area contributed by atoms with E-state index in [0.717, 1.165) is 41.1 Å². The number of rotatable bonds is 8. The van der Waals surface area contributed by atoms with E-state index in [1.54, 1.807) is 13.2 Å². The van der Waals surface area contributed by atoms with E-state index in [9.17, 15) is 9.59 Å². The first kappa shape index (κ1) is 26.6. The number of nitrogens with zero attached hydrogens (tertiary/aromatic N) is 3. The molecule has 9 nitrogen and oxygen atoms in total. The Morgan fingerprint density at radius 3 is 2.57 bits per heavy atom. The summed E-state index contributed by atoms with van der Waals surface area (Å²) in [4.78, 5) is 32.2. The van der Waals surface area contributed by atoms with Crippen LogP contribution in [0.2, 0.25) is 5.02 Å². The fourth-order valence-electron chi connectivity index (χ4n) is 3.96. The van der Waals surface area contributed by atoms with E-state index in [4.69, 9.17) is 22.1 Å². The lowest BCUT2D eigenvalue weighted by molar-refractivity contribution is -0.118. The average Bonchev–Trinajstić information content (AvgIpc) is 3.24. The van der Waals surface area contributed by atoms with E-state index >= 15 is 0 Å². The monoisotopic (exact) mass is 540 g/mol. The third kappa shape index (κ3) is 6.46. The molecule has 0 atom stereocenters. The number of nitrogens with two attached hydrogens (primary N) is 1.